The molecule has 3 aromatic heterocycles. The molecule has 9 nitrogen and oxygen atoms in total. The Hall–Kier alpha value is -3.46. The van der Waals surface area contributed by atoms with Crippen LogP contribution in [0.25, 0.3) is 16.4 Å². The van der Waals surface area contributed by atoms with Crippen LogP contribution < -0.4 is 10.1 Å². The van der Waals surface area contributed by atoms with Crippen molar-refractivity contribution < 1.29 is 14.6 Å². The third-order valence-corrected chi connectivity index (χ3v) is 5.97. The molecule has 160 valence electrons. The molecule has 1 amide bonds. The van der Waals surface area contributed by atoms with Crippen LogP contribution in [0.3, 0.4) is 0 Å². The first-order valence-corrected chi connectivity index (χ1v) is 10.3. The lowest BCUT2D eigenvalue weighted by atomic mass is 9.83. The monoisotopic (exact) mass is 420 g/mol. The van der Waals surface area contributed by atoms with Crippen LogP contribution in [0.2, 0.25) is 0 Å². The number of carbonyl (C=O) groups is 1. The minimum Gasteiger partial charge on any atom is -0.496 e. The van der Waals surface area contributed by atoms with Crippen molar-refractivity contribution in [1.82, 2.24) is 24.4 Å². The highest BCUT2D eigenvalue weighted by Crippen LogP contribution is 2.36. The van der Waals surface area contributed by atoms with E-state index in [1.807, 2.05) is 17.8 Å². The third-order valence-electron chi connectivity index (χ3n) is 5.97. The van der Waals surface area contributed by atoms with Crippen molar-refractivity contribution in [3.63, 3.8) is 0 Å². The fourth-order valence-electron chi connectivity index (χ4n) is 4.39. The fourth-order valence-corrected chi connectivity index (χ4v) is 4.39. The Bertz CT molecular complexity index is 1270. The number of nitrogens with zero attached hydrogens (tertiary/aromatic N) is 5. The van der Waals surface area contributed by atoms with E-state index in [1.165, 1.54) is 7.11 Å². The summed E-state index contributed by atoms with van der Waals surface area (Å²) in [6, 6.07) is 5.49. The van der Waals surface area contributed by atoms with E-state index in [0.29, 0.717) is 23.4 Å². The first-order chi connectivity index (χ1) is 14.9. The van der Waals surface area contributed by atoms with Crippen LogP contribution in [-0.2, 0) is 0 Å². The van der Waals surface area contributed by atoms with Gasteiger partial charge in [0, 0.05) is 23.8 Å². The molecule has 2 atom stereocenters. The first-order valence-electron chi connectivity index (χ1n) is 10.3. The molecular formula is C22H24N6O3. The number of fused-ring (bicyclic) bond motifs is 2. The number of nitrogens with one attached hydrogen (secondary N) is 1. The summed E-state index contributed by atoms with van der Waals surface area (Å²) in [5.74, 6) is 0.155. The van der Waals surface area contributed by atoms with Crippen LogP contribution in [0, 0.1) is 0 Å². The van der Waals surface area contributed by atoms with E-state index in [-0.39, 0.29) is 11.9 Å². The lowest BCUT2D eigenvalue weighted by Gasteiger charge is -2.33. The third kappa shape index (κ3) is 3.61. The molecule has 1 fully saturated rings. The van der Waals surface area contributed by atoms with E-state index in [1.54, 1.807) is 41.4 Å². The molecule has 3 heterocycles. The molecule has 0 saturated heterocycles. The van der Waals surface area contributed by atoms with Crippen LogP contribution in [0.1, 0.15) is 49.0 Å². The van der Waals surface area contributed by atoms with Gasteiger partial charge < -0.3 is 15.2 Å². The molecule has 0 spiro atoms. The van der Waals surface area contributed by atoms with Gasteiger partial charge in [0.2, 0.25) is 0 Å². The number of hydrogen-bond donors (Lipinski definition) is 2. The van der Waals surface area contributed by atoms with Gasteiger partial charge in [0.1, 0.15) is 12.1 Å². The van der Waals surface area contributed by atoms with Crippen molar-refractivity contribution in [2.45, 2.75) is 44.2 Å². The van der Waals surface area contributed by atoms with Crippen molar-refractivity contribution in [2.75, 3.05) is 12.4 Å². The van der Waals surface area contributed by atoms with Gasteiger partial charge in [-0.15, -0.1) is 0 Å². The standard InChI is InChI=1S/C22H24N6O3/c1-22(30)6-3-4-15(10-22)27-12-14-8-16(20(31-2)9-17(14)26-27)21(29)25-18-11-24-28-13-23-7-5-19(18)28/h5,7-9,11-13,15,30H,3-4,6,10H2,1-2H3,(H,25,29)/t15-,22-/m0/s1. The smallest absolute Gasteiger partial charge is 0.259 e. The molecule has 1 aliphatic rings. The number of rotatable bonds is 4. The molecule has 0 bridgehead atoms. The summed E-state index contributed by atoms with van der Waals surface area (Å²) in [4.78, 5) is 17.1. The molecule has 0 aliphatic heterocycles. The Kier molecular flexibility index (Phi) is 4.62. The lowest BCUT2D eigenvalue weighted by Crippen LogP contribution is -2.33. The topological polar surface area (TPSA) is 107 Å². The van der Waals surface area contributed by atoms with Gasteiger partial charge in [-0.3, -0.25) is 9.48 Å². The summed E-state index contributed by atoms with van der Waals surface area (Å²) < 4.78 is 9.00. The van der Waals surface area contributed by atoms with Crippen molar-refractivity contribution in [3.05, 3.63) is 48.7 Å². The molecule has 5 rings (SSSR count). The molecular weight excluding hydrogens is 396 g/mol. The van der Waals surface area contributed by atoms with Gasteiger partial charge in [-0.2, -0.15) is 10.2 Å². The summed E-state index contributed by atoms with van der Waals surface area (Å²) in [5, 5.41) is 23.1. The number of aromatic nitrogens is 5. The van der Waals surface area contributed by atoms with Gasteiger partial charge in [0.25, 0.3) is 5.91 Å². The predicted molar refractivity (Wildman–Crippen MR) is 115 cm³/mol. The number of carbonyl (C=O) groups excluding carboxylic acids is 1. The molecule has 9 heteroatoms. The summed E-state index contributed by atoms with van der Waals surface area (Å²) in [7, 11) is 1.54. The van der Waals surface area contributed by atoms with E-state index in [2.05, 4.69) is 15.4 Å². The lowest BCUT2D eigenvalue weighted by molar-refractivity contribution is 0.00191. The van der Waals surface area contributed by atoms with Gasteiger partial charge in [0.05, 0.1) is 47.2 Å². The molecule has 4 aromatic rings. The van der Waals surface area contributed by atoms with Gasteiger partial charge in [-0.25, -0.2) is 9.50 Å². The van der Waals surface area contributed by atoms with E-state index >= 15 is 0 Å². The average molecular weight is 420 g/mol. The highest BCUT2D eigenvalue weighted by atomic mass is 16.5. The van der Waals surface area contributed by atoms with E-state index in [0.717, 1.165) is 35.7 Å². The quantitative estimate of drug-likeness (QED) is 0.525. The molecule has 0 unspecified atom stereocenters. The van der Waals surface area contributed by atoms with E-state index in [4.69, 9.17) is 9.84 Å². The molecule has 2 N–H and O–H groups in total. The van der Waals surface area contributed by atoms with Crippen LogP contribution in [-0.4, -0.2) is 48.1 Å². The Labute approximate surface area is 178 Å². The fraction of sp³-hybridized carbons (Fsp3) is 0.364. The maximum Gasteiger partial charge on any atom is 0.259 e. The molecule has 31 heavy (non-hydrogen) atoms. The number of methoxy groups -OCH3 is 1. The SMILES string of the molecule is COc1cc2nn([C@H]3CCC[C@](C)(O)C3)cc2cc1C(=O)Nc1cnn2cnccc12. The predicted octanol–water partition coefficient (Wildman–Crippen LogP) is 3.21. The Balaban J connectivity index is 1.47. The minimum absolute atomic E-state index is 0.131. The van der Waals surface area contributed by atoms with Crippen molar-refractivity contribution in [3.8, 4) is 5.75 Å². The van der Waals surface area contributed by atoms with Crippen LogP contribution in [0.5, 0.6) is 5.75 Å². The summed E-state index contributed by atoms with van der Waals surface area (Å²) in [5.41, 5.74) is 1.84. The van der Waals surface area contributed by atoms with Crippen LogP contribution >= 0.6 is 0 Å². The highest BCUT2D eigenvalue weighted by Gasteiger charge is 2.31. The number of aliphatic hydroxyl groups is 1. The molecule has 1 saturated carbocycles. The molecule has 1 aliphatic carbocycles. The van der Waals surface area contributed by atoms with E-state index < -0.39 is 5.60 Å². The average Bonchev–Trinajstić information content (AvgIpc) is 3.36. The summed E-state index contributed by atoms with van der Waals surface area (Å²) in [6.45, 7) is 1.88. The second kappa shape index (κ2) is 7.35. The highest BCUT2D eigenvalue weighted by molar-refractivity contribution is 6.09. The number of ether oxygens (including phenoxy) is 1. The number of benzene rings is 1. The van der Waals surface area contributed by atoms with Crippen molar-refractivity contribution in [1.29, 1.82) is 0 Å². The van der Waals surface area contributed by atoms with Crippen molar-refractivity contribution >= 4 is 28.0 Å². The largest absolute Gasteiger partial charge is 0.496 e. The van der Waals surface area contributed by atoms with Crippen LogP contribution in [0.15, 0.2) is 43.1 Å². The van der Waals surface area contributed by atoms with Gasteiger partial charge in [0.15, 0.2) is 0 Å². The van der Waals surface area contributed by atoms with Gasteiger partial charge in [-0.05, 0) is 44.7 Å². The maximum atomic E-state index is 13.1. The molecule has 1 aromatic carbocycles. The number of amides is 1. The normalized spacial score (nSPS) is 21.5. The second-order valence-electron chi connectivity index (χ2n) is 8.39. The Morgan fingerprint density at radius 3 is 3.06 bits per heavy atom. The van der Waals surface area contributed by atoms with E-state index in [9.17, 15) is 9.90 Å². The second-order valence-corrected chi connectivity index (χ2v) is 8.39. The van der Waals surface area contributed by atoms with Gasteiger partial charge in [-0.1, -0.05) is 0 Å². The van der Waals surface area contributed by atoms with Gasteiger partial charge >= 0.3 is 0 Å². The minimum atomic E-state index is -0.673. The van der Waals surface area contributed by atoms with Crippen LogP contribution in [0.4, 0.5) is 5.69 Å². The Morgan fingerprint density at radius 2 is 2.26 bits per heavy atom. The van der Waals surface area contributed by atoms with Crippen molar-refractivity contribution in [2.24, 2.45) is 0 Å². The zero-order valence-corrected chi connectivity index (χ0v) is 17.4. The zero-order valence-electron chi connectivity index (χ0n) is 17.4. The number of hydrogen-bond acceptors (Lipinski definition) is 6. The molecule has 0 radical (unpaired) electrons. The maximum absolute atomic E-state index is 13.1. The summed E-state index contributed by atoms with van der Waals surface area (Å²) in [6.07, 6.45) is 10.2. The number of anilines is 1. The summed E-state index contributed by atoms with van der Waals surface area (Å²) >= 11 is 0. The Morgan fingerprint density at radius 1 is 1.39 bits per heavy atom. The first kappa shape index (κ1) is 19.5. The zero-order chi connectivity index (χ0) is 21.6.